The molecule has 9 nitrogen and oxygen atoms in total. The number of para-hydroxylation sites is 2. The Labute approximate surface area is 173 Å². The molecule has 2 aromatic heterocycles. The molecule has 3 aromatic rings. The summed E-state index contributed by atoms with van der Waals surface area (Å²) in [5.41, 5.74) is 1.41. The van der Waals surface area contributed by atoms with E-state index >= 15 is 0 Å². The number of benzene rings is 1. The monoisotopic (exact) mass is 432 g/mol. The van der Waals surface area contributed by atoms with Crippen molar-refractivity contribution in [2.45, 2.75) is 45.2 Å². The third-order valence-corrected chi connectivity index (χ3v) is 6.95. The summed E-state index contributed by atoms with van der Waals surface area (Å²) in [5, 5.41) is 7.40. The minimum Gasteiger partial charge on any atom is -0.408 e. The normalized spacial score (nSPS) is 18.7. The third-order valence-electron chi connectivity index (χ3n) is 5.20. The standard InChI is InChI=1S/C20H24N4O5S/c1-20(2,3)16-10-17(24(22-16)13-8-9-30(27,28)12-13)21-18(25)11-23-14-6-4-5-7-15(14)29-19(23)26/h4-7,10,13H,8-9,11-12H2,1-3H3,(H,21,25)/t13-/m1/s1. The molecule has 10 heteroatoms. The minimum atomic E-state index is -3.12. The number of amides is 1. The van der Waals surface area contributed by atoms with E-state index in [4.69, 9.17) is 4.42 Å². The van der Waals surface area contributed by atoms with Crippen LogP contribution in [0.1, 0.15) is 38.9 Å². The summed E-state index contributed by atoms with van der Waals surface area (Å²) in [6.07, 6.45) is 0.447. The van der Waals surface area contributed by atoms with Gasteiger partial charge in [-0.05, 0) is 18.6 Å². The number of oxazole rings is 1. The Morgan fingerprint density at radius 2 is 2.03 bits per heavy atom. The molecule has 0 aliphatic carbocycles. The molecule has 0 saturated carbocycles. The summed E-state index contributed by atoms with van der Waals surface area (Å²) >= 11 is 0. The van der Waals surface area contributed by atoms with Gasteiger partial charge in [0, 0.05) is 11.5 Å². The van der Waals surface area contributed by atoms with Crippen LogP contribution in [0.4, 0.5) is 5.82 Å². The molecule has 0 spiro atoms. The minimum absolute atomic E-state index is 0.00698. The number of carbonyl (C=O) groups excluding carboxylic acids is 1. The Kier molecular flexibility index (Phi) is 4.84. The van der Waals surface area contributed by atoms with E-state index in [1.807, 2.05) is 20.8 Å². The van der Waals surface area contributed by atoms with Crippen molar-refractivity contribution in [1.82, 2.24) is 14.3 Å². The van der Waals surface area contributed by atoms with E-state index in [1.54, 1.807) is 35.0 Å². The quantitative estimate of drug-likeness (QED) is 0.675. The van der Waals surface area contributed by atoms with Crippen LogP contribution in [0.25, 0.3) is 11.1 Å². The fraction of sp³-hybridized carbons (Fsp3) is 0.450. The predicted octanol–water partition coefficient (Wildman–Crippen LogP) is 2.09. The van der Waals surface area contributed by atoms with Crippen molar-refractivity contribution in [3.63, 3.8) is 0 Å². The average Bonchev–Trinajstić information content (AvgIpc) is 3.31. The van der Waals surface area contributed by atoms with Gasteiger partial charge in [0.1, 0.15) is 12.4 Å². The first kappa shape index (κ1) is 20.4. The van der Waals surface area contributed by atoms with Crippen LogP contribution in [0.2, 0.25) is 0 Å². The SMILES string of the molecule is CC(C)(C)c1cc(NC(=O)Cn2c(=O)oc3ccccc32)n([C@@H]2CCS(=O)(=O)C2)n1. The molecule has 1 atom stereocenters. The summed E-state index contributed by atoms with van der Waals surface area (Å²) in [4.78, 5) is 24.9. The maximum absolute atomic E-state index is 12.8. The Balaban J connectivity index is 1.63. The van der Waals surface area contributed by atoms with E-state index in [-0.39, 0.29) is 29.5 Å². The van der Waals surface area contributed by atoms with Crippen LogP contribution in [-0.2, 0) is 26.6 Å². The Morgan fingerprint density at radius 1 is 1.30 bits per heavy atom. The molecule has 1 aliphatic heterocycles. The molecule has 160 valence electrons. The molecule has 0 bridgehead atoms. The van der Waals surface area contributed by atoms with E-state index in [2.05, 4.69) is 10.4 Å². The zero-order valence-corrected chi connectivity index (χ0v) is 17.9. The lowest BCUT2D eigenvalue weighted by Crippen LogP contribution is -2.26. The summed E-state index contributed by atoms with van der Waals surface area (Å²) in [6, 6.07) is 8.31. The van der Waals surface area contributed by atoms with Gasteiger partial charge in [-0.15, -0.1) is 0 Å². The second kappa shape index (κ2) is 7.12. The van der Waals surface area contributed by atoms with Gasteiger partial charge in [0.05, 0.1) is 28.8 Å². The fourth-order valence-corrected chi connectivity index (χ4v) is 5.28. The lowest BCUT2D eigenvalue weighted by molar-refractivity contribution is -0.116. The number of carbonyl (C=O) groups is 1. The number of aromatic nitrogens is 3. The summed E-state index contributed by atoms with van der Waals surface area (Å²) in [7, 11) is -3.12. The van der Waals surface area contributed by atoms with E-state index in [0.717, 1.165) is 5.69 Å². The predicted molar refractivity (Wildman–Crippen MR) is 112 cm³/mol. The molecule has 0 unspecified atom stereocenters. The molecular formula is C20H24N4O5S. The Bertz CT molecular complexity index is 1280. The van der Waals surface area contributed by atoms with Crippen molar-refractivity contribution in [3.8, 4) is 0 Å². The number of hydrogen-bond donors (Lipinski definition) is 1. The molecule has 0 radical (unpaired) electrons. The van der Waals surface area contributed by atoms with Crippen LogP contribution in [-0.4, -0.2) is 40.2 Å². The summed E-state index contributed by atoms with van der Waals surface area (Å²) in [6.45, 7) is 5.75. The number of hydrogen-bond acceptors (Lipinski definition) is 6. The van der Waals surface area contributed by atoms with E-state index in [9.17, 15) is 18.0 Å². The molecule has 30 heavy (non-hydrogen) atoms. The molecule has 1 fully saturated rings. The molecule has 3 heterocycles. The molecule has 4 rings (SSSR count). The van der Waals surface area contributed by atoms with Gasteiger partial charge >= 0.3 is 5.76 Å². The summed E-state index contributed by atoms with van der Waals surface area (Å²) in [5.74, 6) is -0.518. The zero-order chi connectivity index (χ0) is 21.7. The van der Waals surface area contributed by atoms with Crippen LogP contribution in [0.5, 0.6) is 0 Å². The van der Waals surface area contributed by atoms with E-state index in [1.165, 1.54) is 4.57 Å². The first-order valence-corrected chi connectivity index (χ1v) is 11.5. The van der Waals surface area contributed by atoms with E-state index in [0.29, 0.717) is 23.3 Å². The van der Waals surface area contributed by atoms with Gasteiger partial charge < -0.3 is 9.73 Å². The van der Waals surface area contributed by atoms with Crippen LogP contribution in [0.3, 0.4) is 0 Å². The van der Waals surface area contributed by atoms with Gasteiger partial charge in [-0.3, -0.25) is 9.36 Å². The zero-order valence-electron chi connectivity index (χ0n) is 17.1. The van der Waals surface area contributed by atoms with Crippen molar-refractivity contribution in [3.05, 3.63) is 46.6 Å². The average molecular weight is 433 g/mol. The Hall–Kier alpha value is -2.88. The third kappa shape index (κ3) is 3.91. The van der Waals surface area contributed by atoms with Gasteiger partial charge in [0.25, 0.3) is 0 Å². The highest BCUT2D eigenvalue weighted by molar-refractivity contribution is 7.91. The van der Waals surface area contributed by atoms with Crippen LogP contribution in [0.15, 0.2) is 39.5 Å². The lowest BCUT2D eigenvalue weighted by atomic mass is 9.92. The molecule has 1 aromatic carbocycles. The first-order chi connectivity index (χ1) is 14.0. The lowest BCUT2D eigenvalue weighted by Gasteiger charge is -2.15. The topological polar surface area (TPSA) is 116 Å². The molecule has 1 amide bonds. The number of fused-ring (bicyclic) bond motifs is 1. The highest BCUT2D eigenvalue weighted by atomic mass is 32.2. The second-order valence-electron chi connectivity index (χ2n) is 8.64. The van der Waals surface area contributed by atoms with Crippen molar-refractivity contribution in [1.29, 1.82) is 0 Å². The summed E-state index contributed by atoms with van der Waals surface area (Å²) < 4.78 is 31.9. The maximum Gasteiger partial charge on any atom is 0.420 e. The van der Waals surface area contributed by atoms with Gasteiger partial charge in [0.2, 0.25) is 5.91 Å². The first-order valence-electron chi connectivity index (χ1n) is 9.72. The van der Waals surface area contributed by atoms with Crippen LogP contribution < -0.4 is 11.1 Å². The van der Waals surface area contributed by atoms with Gasteiger partial charge in [-0.25, -0.2) is 17.9 Å². The van der Waals surface area contributed by atoms with Crippen molar-refractivity contribution in [2.75, 3.05) is 16.8 Å². The second-order valence-corrected chi connectivity index (χ2v) is 10.9. The number of nitrogens with zero attached hydrogens (tertiary/aromatic N) is 3. The highest BCUT2D eigenvalue weighted by Gasteiger charge is 2.33. The van der Waals surface area contributed by atoms with Crippen molar-refractivity contribution in [2.24, 2.45) is 0 Å². The number of nitrogens with one attached hydrogen (secondary N) is 1. The number of anilines is 1. The fourth-order valence-electron chi connectivity index (χ4n) is 3.59. The molecule has 1 saturated heterocycles. The molecular weight excluding hydrogens is 408 g/mol. The van der Waals surface area contributed by atoms with Gasteiger partial charge in [-0.2, -0.15) is 5.10 Å². The number of sulfone groups is 1. The van der Waals surface area contributed by atoms with Crippen molar-refractivity contribution >= 4 is 32.7 Å². The Morgan fingerprint density at radius 3 is 2.70 bits per heavy atom. The largest absolute Gasteiger partial charge is 0.420 e. The van der Waals surface area contributed by atoms with Gasteiger partial charge in [-0.1, -0.05) is 32.9 Å². The van der Waals surface area contributed by atoms with Crippen LogP contribution >= 0.6 is 0 Å². The van der Waals surface area contributed by atoms with Crippen molar-refractivity contribution < 1.29 is 17.6 Å². The number of rotatable bonds is 4. The maximum atomic E-state index is 12.8. The van der Waals surface area contributed by atoms with E-state index < -0.39 is 21.5 Å². The smallest absolute Gasteiger partial charge is 0.408 e. The van der Waals surface area contributed by atoms with Crippen LogP contribution in [0, 0.1) is 0 Å². The van der Waals surface area contributed by atoms with Gasteiger partial charge in [0.15, 0.2) is 15.4 Å². The molecule has 1 N–H and O–H groups in total. The highest BCUT2D eigenvalue weighted by Crippen LogP contribution is 2.30. The molecule has 1 aliphatic rings.